The van der Waals surface area contributed by atoms with Crippen LogP contribution in [-0.2, 0) is 16.2 Å². The fraction of sp³-hybridized carbons (Fsp3) is 0.333. The zero-order valence-corrected chi connectivity index (χ0v) is 15.3. The minimum absolute atomic E-state index is 0.0363. The third-order valence-electron chi connectivity index (χ3n) is 4.58. The number of hydrogen-bond acceptors (Lipinski definition) is 3. The highest BCUT2D eigenvalue weighted by atomic mass is 32.2. The van der Waals surface area contributed by atoms with E-state index in [1.165, 1.54) is 19.1 Å². The van der Waals surface area contributed by atoms with Gasteiger partial charge in [-0.1, -0.05) is 18.2 Å². The SMILES string of the molecule is Cc1ccc(S(=O)(=O)N2CCN(c3ccccc3F)CC2)cc1C(F)(F)F. The molecule has 0 N–H and O–H groups in total. The number of aryl methyl sites for hydroxylation is 1. The Labute approximate surface area is 155 Å². The van der Waals surface area contributed by atoms with Gasteiger partial charge in [-0.15, -0.1) is 0 Å². The molecule has 0 aliphatic carbocycles. The summed E-state index contributed by atoms with van der Waals surface area (Å²) in [5.74, 6) is -0.401. The molecule has 4 nitrogen and oxygen atoms in total. The van der Waals surface area contributed by atoms with Gasteiger partial charge in [-0.05, 0) is 36.8 Å². The van der Waals surface area contributed by atoms with Crippen molar-refractivity contribution in [3.63, 3.8) is 0 Å². The predicted molar refractivity (Wildman–Crippen MR) is 93.6 cm³/mol. The summed E-state index contributed by atoms with van der Waals surface area (Å²) in [6, 6.07) is 9.20. The average Bonchev–Trinajstić information content (AvgIpc) is 2.61. The molecule has 0 aromatic heterocycles. The Morgan fingerprint density at radius 2 is 1.59 bits per heavy atom. The summed E-state index contributed by atoms with van der Waals surface area (Å²) in [6.07, 6.45) is -4.63. The van der Waals surface area contributed by atoms with E-state index < -0.39 is 27.6 Å². The van der Waals surface area contributed by atoms with Crippen molar-refractivity contribution in [1.82, 2.24) is 4.31 Å². The number of para-hydroxylation sites is 1. The van der Waals surface area contributed by atoms with Crippen molar-refractivity contribution in [3.8, 4) is 0 Å². The molecule has 0 saturated carbocycles. The molecule has 2 aromatic rings. The first-order chi connectivity index (χ1) is 12.6. The van der Waals surface area contributed by atoms with Crippen LogP contribution >= 0.6 is 0 Å². The van der Waals surface area contributed by atoms with Crippen molar-refractivity contribution in [2.75, 3.05) is 31.1 Å². The normalized spacial score (nSPS) is 16.6. The predicted octanol–water partition coefficient (Wildman–Crippen LogP) is 3.66. The number of alkyl halides is 3. The fourth-order valence-electron chi connectivity index (χ4n) is 3.09. The summed E-state index contributed by atoms with van der Waals surface area (Å²) in [6.45, 7) is 1.90. The molecule has 1 heterocycles. The fourth-order valence-corrected chi connectivity index (χ4v) is 4.54. The lowest BCUT2D eigenvalue weighted by atomic mass is 10.1. The first-order valence-electron chi connectivity index (χ1n) is 8.28. The molecule has 0 spiro atoms. The molecule has 27 heavy (non-hydrogen) atoms. The van der Waals surface area contributed by atoms with Crippen molar-refractivity contribution in [2.24, 2.45) is 0 Å². The van der Waals surface area contributed by atoms with E-state index in [-0.39, 0.29) is 36.6 Å². The van der Waals surface area contributed by atoms with Crippen molar-refractivity contribution in [1.29, 1.82) is 0 Å². The van der Waals surface area contributed by atoms with E-state index in [1.54, 1.807) is 23.1 Å². The van der Waals surface area contributed by atoms with E-state index in [1.807, 2.05) is 0 Å². The van der Waals surface area contributed by atoms with E-state index in [4.69, 9.17) is 0 Å². The average molecular weight is 402 g/mol. The quantitative estimate of drug-likeness (QED) is 0.736. The van der Waals surface area contributed by atoms with Gasteiger partial charge in [0.15, 0.2) is 0 Å². The monoisotopic (exact) mass is 402 g/mol. The summed E-state index contributed by atoms with van der Waals surface area (Å²) in [4.78, 5) is 1.33. The van der Waals surface area contributed by atoms with Gasteiger partial charge in [-0.25, -0.2) is 12.8 Å². The topological polar surface area (TPSA) is 40.6 Å². The number of hydrogen-bond donors (Lipinski definition) is 0. The van der Waals surface area contributed by atoms with Crippen LogP contribution in [0.5, 0.6) is 0 Å². The molecular formula is C18H18F4N2O2S. The van der Waals surface area contributed by atoms with Gasteiger partial charge in [0.25, 0.3) is 0 Å². The zero-order chi connectivity index (χ0) is 19.8. The van der Waals surface area contributed by atoms with Gasteiger partial charge in [0, 0.05) is 26.2 Å². The molecule has 0 unspecified atom stereocenters. The summed E-state index contributed by atoms with van der Waals surface area (Å²) in [5, 5.41) is 0. The second-order valence-electron chi connectivity index (χ2n) is 6.32. The summed E-state index contributed by atoms with van der Waals surface area (Å²) in [5.41, 5.74) is -0.622. The van der Waals surface area contributed by atoms with E-state index in [2.05, 4.69) is 0 Å². The molecule has 0 amide bonds. The molecule has 0 radical (unpaired) electrons. The van der Waals surface area contributed by atoms with E-state index >= 15 is 0 Å². The van der Waals surface area contributed by atoms with Crippen LogP contribution < -0.4 is 4.90 Å². The largest absolute Gasteiger partial charge is 0.416 e. The van der Waals surface area contributed by atoms with Crippen molar-refractivity contribution < 1.29 is 26.0 Å². The molecule has 1 fully saturated rings. The lowest BCUT2D eigenvalue weighted by molar-refractivity contribution is -0.138. The number of halogens is 4. The van der Waals surface area contributed by atoms with Crippen LogP contribution in [0.4, 0.5) is 23.2 Å². The third-order valence-corrected chi connectivity index (χ3v) is 6.48. The Hall–Kier alpha value is -2.13. The second kappa shape index (κ2) is 7.12. The maximum atomic E-state index is 13.9. The number of rotatable bonds is 3. The van der Waals surface area contributed by atoms with Crippen molar-refractivity contribution in [3.05, 3.63) is 59.4 Å². The van der Waals surface area contributed by atoms with Gasteiger partial charge in [-0.3, -0.25) is 0 Å². The van der Waals surface area contributed by atoms with Crippen LogP contribution in [0.15, 0.2) is 47.4 Å². The Morgan fingerprint density at radius 1 is 0.963 bits per heavy atom. The van der Waals surface area contributed by atoms with Gasteiger partial charge in [0.1, 0.15) is 5.82 Å². The molecular weight excluding hydrogens is 384 g/mol. The second-order valence-corrected chi connectivity index (χ2v) is 8.25. The molecule has 3 rings (SSSR count). The van der Waals surface area contributed by atoms with Crippen LogP contribution in [0.25, 0.3) is 0 Å². The van der Waals surface area contributed by atoms with Crippen LogP contribution in [0.2, 0.25) is 0 Å². The number of benzene rings is 2. The van der Waals surface area contributed by atoms with E-state index in [0.29, 0.717) is 11.8 Å². The number of sulfonamides is 1. The third kappa shape index (κ3) is 3.93. The summed E-state index contributed by atoms with van der Waals surface area (Å²) >= 11 is 0. The lowest BCUT2D eigenvalue weighted by Gasteiger charge is -2.35. The summed E-state index contributed by atoms with van der Waals surface area (Å²) in [7, 11) is -4.06. The highest BCUT2D eigenvalue weighted by molar-refractivity contribution is 7.89. The standard InChI is InChI=1S/C18H18F4N2O2S/c1-13-6-7-14(12-15(13)18(20,21)22)27(25,26)24-10-8-23(9-11-24)17-5-3-2-4-16(17)19/h2-7,12H,8-11H2,1H3. The van der Waals surface area contributed by atoms with Crippen LogP contribution in [0, 0.1) is 12.7 Å². The summed E-state index contributed by atoms with van der Waals surface area (Å²) < 4.78 is 79.8. The molecule has 146 valence electrons. The molecule has 1 aliphatic heterocycles. The van der Waals surface area contributed by atoms with E-state index in [9.17, 15) is 26.0 Å². The van der Waals surface area contributed by atoms with Crippen LogP contribution in [0.3, 0.4) is 0 Å². The number of anilines is 1. The maximum Gasteiger partial charge on any atom is 0.416 e. The van der Waals surface area contributed by atoms with E-state index in [0.717, 1.165) is 10.4 Å². The van der Waals surface area contributed by atoms with Gasteiger partial charge in [0.2, 0.25) is 10.0 Å². The Morgan fingerprint density at radius 3 is 2.19 bits per heavy atom. The zero-order valence-electron chi connectivity index (χ0n) is 14.5. The maximum absolute atomic E-state index is 13.9. The molecule has 9 heteroatoms. The number of nitrogens with zero attached hydrogens (tertiary/aromatic N) is 2. The molecule has 1 aliphatic rings. The number of piperazine rings is 1. The molecule has 2 aromatic carbocycles. The molecule has 1 saturated heterocycles. The smallest absolute Gasteiger partial charge is 0.367 e. The van der Waals surface area contributed by atoms with Crippen molar-refractivity contribution >= 4 is 15.7 Å². The molecule has 0 atom stereocenters. The highest BCUT2D eigenvalue weighted by Crippen LogP contribution is 2.34. The Balaban J connectivity index is 1.81. The van der Waals surface area contributed by atoms with Gasteiger partial charge >= 0.3 is 6.18 Å². The first kappa shape index (κ1) is 19.6. The minimum Gasteiger partial charge on any atom is -0.367 e. The van der Waals surface area contributed by atoms with Crippen molar-refractivity contribution in [2.45, 2.75) is 18.0 Å². The van der Waals surface area contributed by atoms with Gasteiger partial charge < -0.3 is 4.90 Å². The highest BCUT2D eigenvalue weighted by Gasteiger charge is 2.35. The lowest BCUT2D eigenvalue weighted by Crippen LogP contribution is -2.48. The van der Waals surface area contributed by atoms with Gasteiger partial charge in [-0.2, -0.15) is 17.5 Å². The Kier molecular flexibility index (Phi) is 5.18. The molecule has 0 bridgehead atoms. The first-order valence-corrected chi connectivity index (χ1v) is 9.72. The van der Waals surface area contributed by atoms with Gasteiger partial charge in [0.05, 0.1) is 16.1 Å². The van der Waals surface area contributed by atoms with Crippen LogP contribution in [-0.4, -0.2) is 38.9 Å². The minimum atomic E-state index is -4.63. The Bertz CT molecular complexity index is 937. The van der Waals surface area contributed by atoms with Crippen LogP contribution in [0.1, 0.15) is 11.1 Å².